The van der Waals surface area contributed by atoms with Gasteiger partial charge in [0.25, 0.3) is 0 Å². The highest BCUT2D eigenvalue weighted by Crippen LogP contribution is 2.23. The quantitative estimate of drug-likeness (QED) is 0.377. The van der Waals surface area contributed by atoms with Crippen LogP contribution < -0.4 is 11.3 Å². The molecule has 1 saturated carbocycles. The Hall–Kier alpha value is -0.710. The Morgan fingerprint density at radius 3 is 2.15 bits per heavy atom. The summed E-state index contributed by atoms with van der Waals surface area (Å²) in [6.07, 6.45) is 5.66. The second-order valence-corrected chi connectivity index (χ2v) is 2.94. The van der Waals surface area contributed by atoms with Gasteiger partial charge in [0.15, 0.2) is 0 Å². The van der Waals surface area contributed by atoms with Crippen molar-refractivity contribution in [3.63, 3.8) is 0 Å². The van der Waals surface area contributed by atoms with Gasteiger partial charge in [0.2, 0.25) is 12.8 Å². The molecule has 78 valence electrons. The minimum atomic E-state index is -1.75. The van der Waals surface area contributed by atoms with E-state index in [1.165, 1.54) is 19.3 Å². The van der Waals surface area contributed by atoms with Gasteiger partial charge in [-0.2, -0.15) is 0 Å². The van der Waals surface area contributed by atoms with Crippen LogP contribution in [0, 0.1) is 5.92 Å². The van der Waals surface area contributed by atoms with Gasteiger partial charge in [-0.3, -0.25) is 10.2 Å². The molecule has 13 heavy (non-hydrogen) atoms. The molecule has 0 unspecified atom stereocenters. The molecule has 1 amide bonds. The summed E-state index contributed by atoms with van der Waals surface area (Å²) in [5.41, 5.74) is 2.20. The maximum atomic E-state index is 10.9. The molecule has 1 aliphatic rings. The predicted octanol–water partition coefficient (Wildman–Crippen LogP) is 1.44. The van der Waals surface area contributed by atoms with Crippen molar-refractivity contribution in [2.45, 2.75) is 32.1 Å². The molecular formula is C8H16F2N2O. The number of halogens is 2. The standard InChI is InChI=1S/C7H14N2O.CH2F2/c8-9-7(10)6-4-2-1-3-5-6;2-1-3/h6H,1-5,8H2,(H,9,10);1H2. The number of hydrogen-bond acceptors (Lipinski definition) is 2. The number of amides is 1. The highest BCUT2D eigenvalue weighted by Gasteiger charge is 2.19. The van der Waals surface area contributed by atoms with Crippen LogP contribution in [0.5, 0.6) is 0 Å². The zero-order chi connectivity index (χ0) is 10.1. The summed E-state index contributed by atoms with van der Waals surface area (Å²) in [4.78, 5) is 10.9. The third-order valence-corrected chi connectivity index (χ3v) is 2.12. The molecule has 1 aliphatic carbocycles. The van der Waals surface area contributed by atoms with Crippen LogP contribution in [-0.2, 0) is 4.79 Å². The number of hydrazine groups is 1. The Morgan fingerprint density at radius 1 is 1.31 bits per heavy atom. The number of hydrogen-bond donors (Lipinski definition) is 2. The van der Waals surface area contributed by atoms with Gasteiger partial charge in [-0.1, -0.05) is 19.3 Å². The number of nitrogens with two attached hydrogens (primary N) is 1. The van der Waals surface area contributed by atoms with E-state index in [9.17, 15) is 13.6 Å². The molecule has 0 aromatic carbocycles. The van der Waals surface area contributed by atoms with Crippen molar-refractivity contribution in [2.24, 2.45) is 11.8 Å². The highest BCUT2D eigenvalue weighted by molar-refractivity contribution is 5.77. The lowest BCUT2D eigenvalue weighted by molar-refractivity contribution is -0.125. The van der Waals surface area contributed by atoms with Gasteiger partial charge in [0.1, 0.15) is 0 Å². The summed E-state index contributed by atoms with van der Waals surface area (Å²) in [7, 11) is 0. The van der Waals surface area contributed by atoms with Crippen LogP contribution in [0.1, 0.15) is 32.1 Å². The van der Waals surface area contributed by atoms with Crippen LogP contribution in [0.25, 0.3) is 0 Å². The molecular weight excluding hydrogens is 178 g/mol. The van der Waals surface area contributed by atoms with Gasteiger partial charge in [-0.25, -0.2) is 14.6 Å². The van der Waals surface area contributed by atoms with Crippen molar-refractivity contribution in [2.75, 3.05) is 6.93 Å². The lowest BCUT2D eigenvalue weighted by atomic mass is 9.89. The van der Waals surface area contributed by atoms with Gasteiger partial charge in [-0.15, -0.1) is 0 Å². The van der Waals surface area contributed by atoms with Crippen molar-refractivity contribution in [1.29, 1.82) is 0 Å². The summed E-state index contributed by atoms with van der Waals surface area (Å²) < 4.78 is 19.2. The van der Waals surface area contributed by atoms with E-state index in [1.54, 1.807) is 0 Å². The van der Waals surface area contributed by atoms with Crippen LogP contribution in [0.3, 0.4) is 0 Å². The molecule has 0 heterocycles. The molecule has 1 rings (SSSR count). The van der Waals surface area contributed by atoms with Crippen molar-refractivity contribution < 1.29 is 13.6 Å². The van der Waals surface area contributed by atoms with Gasteiger partial charge in [0.05, 0.1) is 0 Å². The molecule has 5 heteroatoms. The third kappa shape index (κ3) is 5.52. The summed E-state index contributed by atoms with van der Waals surface area (Å²) in [5, 5.41) is 0. The Kier molecular flexibility index (Phi) is 7.48. The number of carbonyl (C=O) groups is 1. The average Bonchev–Trinajstić information content (AvgIpc) is 2.19. The SMILES string of the molecule is FCF.NNC(=O)C1CCCCC1. The van der Waals surface area contributed by atoms with Gasteiger partial charge < -0.3 is 0 Å². The number of nitrogens with one attached hydrogen (secondary N) is 1. The zero-order valence-corrected chi connectivity index (χ0v) is 7.56. The van der Waals surface area contributed by atoms with E-state index >= 15 is 0 Å². The Morgan fingerprint density at radius 2 is 1.77 bits per heavy atom. The molecule has 0 aliphatic heterocycles. The number of carbonyl (C=O) groups excluding carboxylic acids is 1. The lowest BCUT2D eigenvalue weighted by Gasteiger charge is -2.19. The minimum absolute atomic E-state index is 0.0136. The van der Waals surface area contributed by atoms with Crippen molar-refractivity contribution in [3.8, 4) is 0 Å². The fourth-order valence-corrected chi connectivity index (χ4v) is 1.48. The number of alkyl halides is 2. The first-order valence-electron chi connectivity index (χ1n) is 4.38. The molecule has 3 nitrogen and oxygen atoms in total. The summed E-state index contributed by atoms with van der Waals surface area (Å²) >= 11 is 0. The lowest BCUT2D eigenvalue weighted by Crippen LogP contribution is -2.36. The van der Waals surface area contributed by atoms with Crippen molar-refractivity contribution >= 4 is 5.91 Å². The summed E-state index contributed by atoms with van der Waals surface area (Å²) in [6, 6.07) is 0. The molecule has 1 fully saturated rings. The highest BCUT2D eigenvalue weighted by atomic mass is 19.3. The average molecular weight is 194 g/mol. The fraction of sp³-hybridized carbons (Fsp3) is 0.875. The molecule has 0 spiro atoms. The minimum Gasteiger partial charge on any atom is -0.294 e. The van der Waals surface area contributed by atoms with E-state index < -0.39 is 6.93 Å². The molecule has 0 aromatic rings. The molecule has 0 saturated heterocycles. The largest absolute Gasteiger partial charge is 0.294 e. The maximum Gasteiger partial charge on any atom is 0.236 e. The predicted molar refractivity (Wildman–Crippen MR) is 46.0 cm³/mol. The van der Waals surface area contributed by atoms with E-state index in [2.05, 4.69) is 5.43 Å². The molecule has 0 bridgehead atoms. The first-order valence-corrected chi connectivity index (χ1v) is 4.38. The topological polar surface area (TPSA) is 55.1 Å². The molecule has 0 atom stereocenters. The summed E-state index contributed by atoms with van der Waals surface area (Å²) in [6.45, 7) is -1.75. The first-order chi connectivity index (χ1) is 6.26. The first kappa shape index (κ1) is 12.3. The Balaban J connectivity index is 0.000000424. The van der Waals surface area contributed by atoms with E-state index in [-0.39, 0.29) is 11.8 Å². The normalized spacial score (nSPS) is 17.2. The van der Waals surface area contributed by atoms with Crippen LogP contribution >= 0.6 is 0 Å². The third-order valence-electron chi connectivity index (χ3n) is 2.12. The second-order valence-electron chi connectivity index (χ2n) is 2.94. The van der Waals surface area contributed by atoms with Crippen LogP contribution in [0.4, 0.5) is 8.78 Å². The second kappa shape index (κ2) is 7.91. The van der Waals surface area contributed by atoms with Gasteiger partial charge in [0, 0.05) is 5.92 Å². The number of rotatable bonds is 1. The van der Waals surface area contributed by atoms with E-state index in [1.807, 2.05) is 0 Å². The van der Waals surface area contributed by atoms with Crippen molar-refractivity contribution in [3.05, 3.63) is 0 Å². The Bertz CT molecular complexity index is 138. The molecule has 0 radical (unpaired) electrons. The molecule has 0 aromatic heterocycles. The molecule has 3 N–H and O–H groups in total. The fourth-order valence-electron chi connectivity index (χ4n) is 1.48. The van der Waals surface area contributed by atoms with Gasteiger partial charge in [-0.05, 0) is 12.8 Å². The summed E-state index contributed by atoms with van der Waals surface area (Å²) in [5.74, 6) is 5.21. The van der Waals surface area contributed by atoms with Crippen molar-refractivity contribution in [1.82, 2.24) is 5.43 Å². The van der Waals surface area contributed by atoms with E-state index in [0.29, 0.717) is 0 Å². The van der Waals surface area contributed by atoms with Crippen LogP contribution in [0.15, 0.2) is 0 Å². The van der Waals surface area contributed by atoms with Gasteiger partial charge >= 0.3 is 0 Å². The van der Waals surface area contributed by atoms with E-state index in [4.69, 9.17) is 5.84 Å². The zero-order valence-electron chi connectivity index (χ0n) is 7.56. The Labute approximate surface area is 76.6 Å². The monoisotopic (exact) mass is 194 g/mol. The van der Waals surface area contributed by atoms with E-state index in [0.717, 1.165) is 12.8 Å². The van der Waals surface area contributed by atoms with Crippen LogP contribution in [0.2, 0.25) is 0 Å². The smallest absolute Gasteiger partial charge is 0.236 e. The van der Waals surface area contributed by atoms with Crippen LogP contribution in [-0.4, -0.2) is 12.8 Å². The maximum absolute atomic E-state index is 10.9.